The SMILES string of the molecule is FC(F)(F)C(F)(F)C(F)(F)C(F)(F)C(F)(F)C(F)(F)C(F)(F)C(F)(F)C(F)(F)C(F)(F)P(C(F)(F)C(F)(F)C(F)(F)C(F)(F)C(F)(F)C(F)(F)C(F)(F)C(F)(F)C(F)(F)C(F)(F)F)C(F)(F)C(F)(F)C(F)(F)C(F)(F)C(F)(F)C(F)(F)C(F)(F)C(F)(F)C(F)(F)C(F)(F)F. The zero-order valence-electron chi connectivity index (χ0n) is 39.3. The minimum absolute atomic E-state index is 8.96. The molecule has 0 aliphatic rings. The van der Waals surface area contributed by atoms with Crippen LogP contribution in [0.4, 0.5) is 277 Å². The predicted octanol–water partition coefficient (Wildman–Crippen LogP) is 21.2. The quantitative estimate of drug-likeness (QED) is 0.0568. The second kappa shape index (κ2) is 21.5. The van der Waals surface area contributed by atoms with Gasteiger partial charge in [-0.1, -0.05) is 0 Å². The molecule has 0 aliphatic carbocycles. The fourth-order valence-corrected chi connectivity index (χ4v) is 7.92. The van der Waals surface area contributed by atoms with E-state index in [1.54, 1.807) is 0 Å². The van der Waals surface area contributed by atoms with Crippen molar-refractivity contribution in [1.29, 1.82) is 0 Å². The molecule has 0 spiro atoms. The summed E-state index contributed by atoms with van der Waals surface area (Å²) in [6, 6.07) is 0. The Morgan fingerprint density at radius 3 is 0.223 bits per heavy atom. The van der Waals surface area contributed by atoms with Crippen LogP contribution in [0, 0.1) is 0 Å². The van der Waals surface area contributed by atoms with Gasteiger partial charge in [-0.3, -0.25) is 0 Å². The van der Waals surface area contributed by atoms with E-state index in [0.29, 0.717) is 0 Å². The van der Waals surface area contributed by atoms with Crippen LogP contribution in [0.25, 0.3) is 0 Å². The van der Waals surface area contributed by atoms with E-state index < -0.39 is 186 Å². The van der Waals surface area contributed by atoms with E-state index >= 15 is 26.3 Å². The van der Waals surface area contributed by atoms with Crippen LogP contribution in [-0.2, 0) is 0 Å². The second-order valence-corrected chi connectivity index (χ2v) is 19.6. The van der Waals surface area contributed by atoms with E-state index in [1.165, 1.54) is 0 Å². The fourth-order valence-electron chi connectivity index (χ4n) is 5.60. The third kappa shape index (κ3) is 10.1. The normalized spacial score (nSPS) is 17.6. The van der Waals surface area contributed by atoms with E-state index in [9.17, 15) is 250 Å². The molecule has 0 rings (SSSR count). The van der Waals surface area contributed by atoms with Gasteiger partial charge in [-0.2, -0.15) is 277 Å². The number of hydrogen-bond donors (Lipinski definition) is 0. The number of hydrogen-bond acceptors (Lipinski definition) is 0. The average Bonchev–Trinajstić information content (AvgIpc) is 0.681. The Morgan fingerprint density at radius 1 is 0.0851 bits per heavy atom. The maximum Gasteiger partial charge on any atom is 0.460 e. The molecule has 0 fully saturated rings. The van der Waals surface area contributed by atoms with Gasteiger partial charge in [-0.15, -0.1) is 0 Å². The van der Waals surface area contributed by atoms with Crippen molar-refractivity contribution in [2.75, 3.05) is 0 Å². The molecule has 0 unspecified atom stereocenters. The summed E-state index contributed by atoms with van der Waals surface area (Å²) in [5.41, 5.74) is -36.1. The highest BCUT2D eigenvalue weighted by atomic mass is 31.1. The predicted molar refractivity (Wildman–Crippen MR) is 159 cm³/mol. The lowest BCUT2D eigenvalue weighted by atomic mass is 9.87. The Labute approximate surface area is 463 Å². The molecule has 0 aromatic rings. The molecule has 0 aliphatic heterocycles. The molecule has 0 nitrogen and oxygen atoms in total. The number of halogens is 63. The highest BCUT2D eigenvalue weighted by Gasteiger charge is 3.05. The van der Waals surface area contributed by atoms with Crippen LogP contribution < -0.4 is 0 Å². The van der Waals surface area contributed by atoms with E-state index in [4.69, 9.17) is 0 Å². The summed E-state index contributed by atoms with van der Waals surface area (Å²) < 4.78 is 879. The van der Waals surface area contributed by atoms with Crippen LogP contribution in [0.2, 0.25) is 0 Å². The minimum atomic E-state index is -12.5. The number of rotatable bonds is 27. The van der Waals surface area contributed by atoms with E-state index in [0.717, 1.165) is 0 Å². The van der Waals surface area contributed by atoms with Gasteiger partial charge in [0.25, 0.3) is 0 Å². The van der Waals surface area contributed by atoms with Crippen molar-refractivity contribution >= 4 is 7.92 Å². The van der Waals surface area contributed by atoms with Gasteiger partial charge in [0.05, 0.1) is 0 Å². The van der Waals surface area contributed by atoms with Crippen LogP contribution in [0.3, 0.4) is 0 Å². The Kier molecular flexibility index (Phi) is 20.6. The molecule has 0 aromatic carbocycles. The summed E-state index contributed by atoms with van der Waals surface area (Å²) in [6.07, 6.45) is -26.9. The van der Waals surface area contributed by atoms with Crippen molar-refractivity contribution < 1.29 is 277 Å². The first-order valence-corrected chi connectivity index (χ1v) is 20.7. The van der Waals surface area contributed by atoms with Crippen LogP contribution in [0.15, 0.2) is 0 Å². The fraction of sp³-hybridized carbons (Fsp3) is 1.00. The Bertz CT molecular complexity index is 2420. The lowest BCUT2D eigenvalue weighted by molar-refractivity contribution is -0.474. The van der Waals surface area contributed by atoms with Crippen LogP contribution >= 0.6 is 7.92 Å². The monoisotopic (exact) mass is 1590 g/mol. The third-order valence-electron chi connectivity index (χ3n) is 11.3. The van der Waals surface area contributed by atoms with Gasteiger partial charge in [0, 0.05) is 0 Å². The third-order valence-corrected chi connectivity index (χ3v) is 13.9. The molecule has 0 saturated carbocycles. The van der Waals surface area contributed by atoms with E-state index in [1.807, 2.05) is 0 Å². The maximum atomic E-state index is 15.4. The Hall–Kier alpha value is -3.98. The van der Waals surface area contributed by atoms with Crippen LogP contribution in [0.5, 0.6) is 0 Å². The van der Waals surface area contributed by atoms with E-state index in [-0.39, 0.29) is 0 Å². The molecule has 0 N–H and O–H groups in total. The van der Waals surface area contributed by atoms with Crippen LogP contribution in [-0.4, -0.2) is 178 Å². The van der Waals surface area contributed by atoms with Crippen molar-refractivity contribution in [1.82, 2.24) is 0 Å². The Morgan fingerprint density at radius 2 is 0.149 bits per heavy atom. The maximum absolute atomic E-state index is 15.4. The van der Waals surface area contributed by atoms with Gasteiger partial charge in [-0.25, -0.2) is 0 Å². The van der Waals surface area contributed by atoms with Gasteiger partial charge in [0.2, 0.25) is 0 Å². The molecule has 566 valence electrons. The molecule has 94 heavy (non-hydrogen) atoms. The first-order valence-electron chi connectivity index (χ1n) is 19.3. The molecule has 64 heteroatoms. The molecule has 0 bridgehead atoms. The van der Waals surface area contributed by atoms with Crippen LogP contribution in [0.1, 0.15) is 0 Å². The summed E-state index contributed by atoms with van der Waals surface area (Å²) in [6.45, 7) is 0. The molecule has 0 radical (unpaired) electrons. The summed E-state index contributed by atoms with van der Waals surface area (Å²) in [5, 5.41) is 0. The first kappa shape index (κ1) is 90.0. The zero-order chi connectivity index (χ0) is 78.6. The lowest BCUT2D eigenvalue weighted by Gasteiger charge is -2.50. The topological polar surface area (TPSA) is 0 Å². The highest BCUT2D eigenvalue weighted by molar-refractivity contribution is 7.61. The molecule has 0 amide bonds. The molecule has 0 atom stereocenters. The Balaban J connectivity index is 10.1. The smallest absolute Gasteiger partial charge is 0.194 e. The van der Waals surface area contributed by atoms with Crippen molar-refractivity contribution in [3.63, 3.8) is 0 Å². The number of alkyl halides is 63. The summed E-state index contributed by atoms with van der Waals surface area (Å²) in [5.74, 6) is -261. The van der Waals surface area contributed by atoms with Crippen molar-refractivity contribution in [3.05, 3.63) is 0 Å². The summed E-state index contributed by atoms with van der Waals surface area (Å²) in [7, 11) is -12.5. The standard InChI is InChI=1S/C30F63P/c31-1(32,7(43,44)13(55,56)19(67,68)25(79,80)81)4(37,38)10(49,50)16(61,62)22(73,74)28(88,89)94(29(90,91)23(75,76)17(63,64)11(51,52)5(39,40)2(33,34)8(45,46)14(57,58)20(69,70)26(82,83)84)30(92,93)24(77,78)18(65,66)12(53,54)6(41,42)3(35,36)9(47,48)15(59,60)21(71,72)27(85,86)87. The summed E-state index contributed by atoms with van der Waals surface area (Å²) in [4.78, 5) is 0. The largest absolute Gasteiger partial charge is 0.460 e. The highest BCUT2D eigenvalue weighted by Crippen LogP contribution is 2.85. The average molecular weight is 1590 g/mol. The second-order valence-electron chi connectivity index (χ2n) is 17.2. The van der Waals surface area contributed by atoms with Gasteiger partial charge >= 0.3 is 178 Å². The minimum Gasteiger partial charge on any atom is -0.194 e. The van der Waals surface area contributed by atoms with Gasteiger partial charge in [0.15, 0.2) is 0 Å². The molecule has 0 heterocycles. The van der Waals surface area contributed by atoms with Gasteiger partial charge in [-0.05, 0) is 0 Å². The molecule has 0 aromatic heterocycles. The first-order chi connectivity index (χ1) is 39.1. The lowest BCUT2D eigenvalue weighted by Crippen LogP contribution is -2.78. The van der Waals surface area contributed by atoms with Gasteiger partial charge < -0.3 is 0 Å². The van der Waals surface area contributed by atoms with Crippen molar-refractivity contribution in [2.45, 2.75) is 178 Å². The van der Waals surface area contributed by atoms with Gasteiger partial charge in [0.1, 0.15) is 7.92 Å². The molecular weight excluding hydrogens is 1590 g/mol. The van der Waals surface area contributed by atoms with E-state index in [2.05, 4.69) is 0 Å². The molecular formula is C30F63P. The zero-order valence-corrected chi connectivity index (χ0v) is 40.2. The van der Waals surface area contributed by atoms with Crippen molar-refractivity contribution in [2.24, 2.45) is 0 Å². The van der Waals surface area contributed by atoms with Crippen molar-refractivity contribution in [3.8, 4) is 0 Å². The molecule has 0 saturated heterocycles. The summed E-state index contributed by atoms with van der Waals surface area (Å²) >= 11 is 0.